The van der Waals surface area contributed by atoms with E-state index in [2.05, 4.69) is 16.6 Å². The molecule has 0 amide bonds. The predicted molar refractivity (Wildman–Crippen MR) is 80.9 cm³/mol. The maximum Gasteiger partial charge on any atom is 0.308 e. The lowest BCUT2D eigenvalue weighted by Gasteiger charge is -2.08. The van der Waals surface area contributed by atoms with Gasteiger partial charge in [-0.25, -0.2) is 0 Å². The number of halogens is 2. The molecule has 1 unspecified atom stereocenters. The standard InChI is InChI=1S/C17H20F2O3/c1-3-10-15(20)11-7-5-6-8-13-17(18,19)14-9-12-16(21)22-4-2/h1,5-7,11,15,20H,4,9-10,12,14H2,2H3. The van der Waals surface area contributed by atoms with Crippen molar-refractivity contribution in [2.24, 2.45) is 0 Å². The van der Waals surface area contributed by atoms with Gasteiger partial charge in [0.2, 0.25) is 0 Å². The van der Waals surface area contributed by atoms with Crippen LogP contribution in [0.1, 0.15) is 32.6 Å². The fourth-order valence-corrected chi connectivity index (χ4v) is 1.38. The van der Waals surface area contributed by atoms with Crippen molar-refractivity contribution >= 4 is 5.97 Å². The van der Waals surface area contributed by atoms with Crippen LogP contribution < -0.4 is 0 Å². The SMILES string of the molecule is C#CCC(O)C=CC=CC#CC(F)(F)CCCC(=O)OCC. The maximum absolute atomic E-state index is 13.4. The first-order valence-electron chi connectivity index (χ1n) is 6.92. The molecular formula is C17H20F2O3. The van der Waals surface area contributed by atoms with E-state index in [1.165, 1.54) is 24.3 Å². The molecule has 0 fully saturated rings. The number of alkyl halides is 2. The van der Waals surface area contributed by atoms with Crippen molar-refractivity contribution < 1.29 is 23.4 Å². The fourth-order valence-electron chi connectivity index (χ4n) is 1.38. The summed E-state index contributed by atoms with van der Waals surface area (Å²) in [6.07, 6.45) is 9.52. The third-order valence-electron chi connectivity index (χ3n) is 2.38. The van der Waals surface area contributed by atoms with Gasteiger partial charge < -0.3 is 9.84 Å². The lowest BCUT2D eigenvalue weighted by Crippen LogP contribution is -2.14. The summed E-state index contributed by atoms with van der Waals surface area (Å²) in [6, 6.07) is 0. The number of allylic oxidation sites excluding steroid dienone is 3. The summed E-state index contributed by atoms with van der Waals surface area (Å²) in [6.45, 7) is 1.90. The van der Waals surface area contributed by atoms with E-state index in [1.54, 1.807) is 6.92 Å². The van der Waals surface area contributed by atoms with Gasteiger partial charge in [-0.15, -0.1) is 12.3 Å². The molecule has 5 heteroatoms. The van der Waals surface area contributed by atoms with Crippen LogP contribution in [-0.2, 0) is 9.53 Å². The molecule has 0 aromatic carbocycles. The molecule has 3 nitrogen and oxygen atoms in total. The zero-order valence-corrected chi connectivity index (χ0v) is 12.5. The van der Waals surface area contributed by atoms with Crippen LogP contribution >= 0.6 is 0 Å². The lowest BCUT2D eigenvalue weighted by atomic mass is 10.1. The highest BCUT2D eigenvalue weighted by Gasteiger charge is 2.25. The van der Waals surface area contributed by atoms with Crippen molar-refractivity contribution in [3.8, 4) is 24.2 Å². The number of carbonyl (C=O) groups is 1. The van der Waals surface area contributed by atoms with Crippen LogP contribution in [0.4, 0.5) is 8.78 Å². The minimum Gasteiger partial charge on any atom is -0.466 e. The number of aliphatic hydroxyl groups is 1. The van der Waals surface area contributed by atoms with Gasteiger partial charge in [-0.3, -0.25) is 4.79 Å². The van der Waals surface area contributed by atoms with Crippen LogP contribution in [0.2, 0.25) is 0 Å². The van der Waals surface area contributed by atoms with E-state index in [9.17, 15) is 18.7 Å². The molecule has 0 spiro atoms. The highest BCUT2D eigenvalue weighted by atomic mass is 19.3. The summed E-state index contributed by atoms with van der Waals surface area (Å²) >= 11 is 0. The Kier molecular flexibility index (Phi) is 10.4. The Morgan fingerprint density at radius 2 is 2.18 bits per heavy atom. The second kappa shape index (κ2) is 11.5. The van der Waals surface area contributed by atoms with Crippen molar-refractivity contribution in [2.45, 2.75) is 44.6 Å². The van der Waals surface area contributed by atoms with Crippen LogP contribution in [0.5, 0.6) is 0 Å². The minimum absolute atomic E-state index is 0.0163. The summed E-state index contributed by atoms with van der Waals surface area (Å²) in [5.74, 6) is 2.71. The molecule has 120 valence electrons. The highest BCUT2D eigenvalue weighted by Crippen LogP contribution is 2.20. The molecule has 0 aliphatic rings. The van der Waals surface area contributed by atoms with E-state index in [0.717, 1.165) is 0 Å². The molecule has 0 aromatic rings. The molecular weight excluding hydrogens is 290 g/mol. The zero-order valence-electron chi connectivity index (χ0n) is 12.5. The van der Waals surface area contributed by atoms with Gasteiger partial charge in [-0.1, -0.05) is 24.1 Å². The van der Waals surface area contributed by atoms with Gasteiger partial charge in [-0.2, -0.15) is 8.78 Å². The van der Waals surface area contributed by atoms with Gasteiger partial charge >= 0.3 is 11.9 Å². The summed E-state index contributed by atoms with van der Waals surface area (Å²) in [5.41, 5.74) is 0. The zero-order chi connectivity index (χ0) is 16.8. The van der Waals surface area contributed by atoms with Crippen molar-refractivity contribution in [1.29, 1.82) is 0 Å². The molecule has 22 heavy (non-hydrogen) atoms. The van der Waals surface area contributed by atoms with Gasteiger partial charge in [0, 0.05) is 19.3 Å². The molecule has 0 radical (unpaired) electrons. The second-order valence-electron chi connectivity index (χ2n) is 4.35. The summed E-state index contributed by atoms with van der Waals surface area (Å²) in [7, 11) is 0. The summed E-state index contributed by atoms with van der Waals surface area (Å²) < 4.78 is 31.4. The number of esters is 1. The number of hydrogen-bond acceptors (Lipinski definition) is 3. The Hall–Kier alpha value is -2.11. The van der Waals surface area contributed by atoms with Crippen LogP contribution in [0.3, 0.4) is 0 Å². The van der Waals surface area contributed by atoms with E-state index in [0.29, 0.717) is 0 Å². The van der Waals surface area contributed by atoms with Gasteiger partial charge in [0.15, 0.2) is 0 Å². The van der Waals surface area contributed by atoms with E-state index < -0.39 is 24.4 Å². The van der Waals surface area contributed by atoms with Crippen LogP contribution in [0, 0.1) is 24.2 Å². The molecule has 0 aliphatic heterocycles. The normalized spacial score (nSPS) is 12.7. The Morgan fingerprint density at radius 3 is 2.82 bits per heavy atom. The second-order valence-corrected chi connectivity index (χ2v) is 4.35. The molecule has 1 atom stereocenters. The molecule has 0 heterocycles. The van der Waals surface area contributed by atoms with Crippen molar-refractivity contribution in [1.82, 2.24) is 0 Å². The minimum atomic E-state index is -3.15. The average Bonchev–Trinajstić information content (AvgIpc) is 2.43. The largest absolute Gasteiger partial charge is 0.466 e. The van der Waals surface area contributed by atoms with Gasteiger partial charge in [0.05, 0.1) is 12.7 Å². The van der Waals surface area contributed by atoms with E-state index in [1.807, 2.05) is 5.92 Å². The smallest absolute Gasteiger partial charge is 0.308 e. The van der Waals surface area contributed by atoms with Gasteiger partial charge in [0.1, 0.15) is 0 Å². The molecule has 0 bridgehead atoms. The van der Waals surface area contributed by atoms with Crippen molar-refractivity contribution in [3.63, 3.8) is 0 Å². The third kappa shape index (κ3) is 11.7. The number of rotatable bonds is 8. The summed E-state index contributed by atoms with van der Waals surface area (Å²) in [5, 5.41) is 9.26. The number of hydrogen-bond donors (Lipinski definition) is 1. The topological polar surface area (TPSA) is 46.5 Å². The Bertz CT molecular complexity index is 490. The molecule has 1 N–H and O–H groups in total. The van der Waals surface area contributed by atoms with Crippen molar-refractivity contribution in [3.05, 3.63) is 24.3 Å². The summed E-state index contributed by atoms with van der Waals surface area (Å²) in [4.78, 5) is 11.0. The molecule has 0 aliphatic carbocycles. The van der Waals surface area contributed by atoms with Crippen LogP contribution in [0.25, 0.3) is 0 Å². The number of carbonyl (C=O) groups excluding carboxylic acids is 1. The first-order chi connectivity index (χ1) is 10.4. The quantitative estimate of drug-likeness (QED) is 0.426. The van der Waals surface area contributed by atoms with E-state index in [-0.39, 0.29) is 25.9 Å². The Labute approximate surface area is 130 Å². The monoisotopic (exact) mass is 310 g/mol. The Balaban J connectivity index is 4.15. The first kappa shape index (κ1) is 19.9. The molecule has 0 saturated heterocycles. The lowest BCUT2D eigenvalue weighted by molar-refractivity contribution is -0.143. The first-order valence-corrected chi connectivity index (χ1v) is 6.92. The van der Waals surface area contributed by atoms with Gasteiger partial charge in [-0.05, 0) is 25.3 Å². The number of terminal acetylenes is 1. The highest BCUT2D eigenvalue weighted by molar-refractivity contribution is 5.69. The van der Waals surface area contributed by atoms with E-state index in [4.69, 9.17) is 6.42 Å². The van der Waals surface area contributed by atoms with Gasteiger partial charge in [0.25, 0.3) is 0 Å². The van der Waals surface area contributed by atoms with Crippen LogP contribution in [0.15, 0.2) is 24.3 Å². The predicted octanol–water partition coefficient (Wildman–Crippen LogP) is 2.86. The fraction of sp³-hybridized carbons (Fsp3) is 0.471. The van der Waals surface area contributed by atoms with Crippen molar-refractivity contribution in [2.75, 3.05) is 6.61 Å². The molecule has 0 rings (SSSR count). The van der Waals surface area contributed by atoms with E-state index >= 15 is 0 Å². The number of aliphatic hydroxyl groups excluding tert-OH is 1. The number of ether oxygens (including phenoxy) is 1. The maximum atomic E-state index is 13.4. The van der Waals surface area contributed by atoms with Crippen LogP contribution in [-0.4, -0.2) is 29.7 Å². The average molecular weight is 310 g/mol. The molecule has 0 aromatic heterocycles. The Morgan fingerprint density at radius 1 is 1.45 bits per heavy atom. The third-order valence-corrected chi connectivity index (χ3v) is 2.38. The molecule has 0 saturated carbocycles.